The quantitative estimate of drug-likeness (QED) is 0.359. The maximum Gasteiger partial charge on any atom is 0.276 e. The van der Waals surface area contributed by atoms with Gasteiger partial charge in [-0.3, -0.25) is 25.0 Å². The minimum atomic E-state index is -0.504. The Hall–Kier alpha value is -3.92. The molecule has 9 nitrogen and oxygen atoms in total. The summed E-state index contributed by atoms with van der Waals surface area (Å²) in [6, 6.07) is 15.6. The number of nitrogens with one attached hydrogen (secondary N) is 1. The minimum Gasteiger partial charge on any atom is -0.312 e. The second kappa shape index (κ2) is 8.84. The summed E-state index contributed by atoms with van der Waals surface area (Å²) in [7, 11) is 0. The molecule has 10 heteroatoms. The van der Waals surface area contributed by atoms with Crippen LogP contribution in [0.2, 0.25) is 0 Å². The molecule has 0 saturated carbocycles. The van der Waals surface area contributed by atoms with Gasteiger partial charge in [0.25, 0.3) is 5.69 Å². The number of aromatic nitrogens is 2. The molecular weight excluding hydrogens is 418 g/mol. The first kappa shape index (κ1) is 20.4. The van der Waals surface area contributed by atoms with Gasteiger partial charge < -0.3 is 4.90 Å². The average molecular weight is 435 g/mol. The number of amides is 2. The summed E-state index contributed by atoms with van der Waals surface area (Å²) in [5, 5.41) is 22.8. The second-order valence-corrected chi connectivity index (χ2v) is 7.83. The molecule has 31 heavy (non-hydrogen) atoms. The lowest BCUT2D eigenvalue weighted by atomic mass is 10.1. The second-order valence-electron chi connectivity index (χ2n) is 6.82. The fourth-order valence-corrected chi connectivity index (χ4v) is 4.13. The first-order valence-electron chi connectivity index (χ1n) is 9.42. The number of para-hydroxylation sites is 2. The third-order valence-corrected chi connectivity index (χ3v) is 5.76. The Morgan fingerprint density at radius 3 is 2.68 bits per heavy atom. The smallest absolute Gasteiger partial charge is 0.276 e. The molecule has 1 N–H and O–H groups in total. The molecule has 2 aromatic carbocycles. The van der Waals surface area contributed by atoms with Crippen LogP contribution in [0.15, 0.2) is 60.7 Å². The van der Waals surface area contributed by atoms with E-state index in [0.717, 1.165) is 5.69 Å². The van der Waals surface area contributed by atoms with Gasteiger partial charge in [-0.15, -0.1) is 10.2 Å². The molecule has 0 bridgehead atoms. The van der Waals surface area contributed by atoms with E-state index in [1.54, 1.807) is 23.1 Å². The van der Waals surface area contributed by atoms with Crippen LogP contribution in [0, 0.1) is 10.1 Å². The monoisotopic (exact) mass is 435 g/mol. The van der Waals surface area contributed by atoms with Gasteiger partial charge in [-0.05, 0) is 24.3 Å². The predicted molar refractivity (Wildman–Crippen MR) is 117 cm³/mol. The van der Waals surface area contributed by atoms with Crippen molar-refractivity contribution in [1.29, 1.82) is 0 Å². The summed E-state index contributed by atoms with van der Waals surface area (Å²) in [5.74, 6) is -0.558. The van der Waals surface area contributed by atoms with Gasteiger partial charge in [-0.1, -0.05) is 41.7 Å². The fraction of sp³-hybridized carbons (Fsp3) is 0.143. The molecule has 1 atom stereocenters. The van der Waals surface area contributed by atoms with E-state index in [2.05, 4.69) is 15.5 Å². The minimum absolute atomic E-state index is 0.0179. The zero-order valence-electron chi connectivity index (χ0n) is 16.2. The molecule has 1 aromatic heterocycles. The van der Waals surface area contributed by atoms with E-state index in [9.17, 15) is 19.7 Å². The van der Waals surface area contributed by atoms with Crippen LogP contribution in [-0.2, 0) is 9.59 Å². The van der Waals surface area contributed by atoms with E-state index in [1.165, 1.54) is 29.6 Å². The highest BCUT2D eigenvalue weighted by Crippen LogP contribution is 2.34. The van der Waals surface area contributed by atoms with Crippen molar-refractivity contribution in [1.82, 2.24) is 10.2 Å². The van der Waals surface area contributed by atoms with Gasteiger partial charge in [0.2, 0.25) is 16.9 Å². The number of nitro benzene ring substituents is 1. The summed E-state index contributed by atoms with van der Waals surface area (Å²) < 4.78 is 0. The summed E-state index contributed by atoms with van der Waals surface area (Å²) >= 11 is 1.21. The first-order valence-corrected chi connectivity index (χ1v) is 10.2. The first-order chi connectivity index (χ1) is 15.0. The fourth-order valence-electron chi connectivity index (χ4n) is 3.29. The number of nitro groups is 1. The number of rotatable bonds is 6. The molecule has 3 aromatic rings. The van der Waals surface area contributed by atoms with E-state index in [-0.39, 0.29) is 17.5 Å². The van der Waals surface area contributed by atoms with Crippen molar-refractivity contribution in [3.8, 4) is 0 Å². The Morgan fingerprint density at radius 2 is 1.90 bits per heavy atom. The Bertz CT molecular complexity index is 1160. The van der Waals surface area contributed by atoms with Crippen LogP contribution in [0.1, 0.15) is 22.9 Å². The molecule has 0 aliphatic carbocycles. The number of benzene rings is 2. The summed E-state index contributed by atoms with van der Waals surface area (Å²) in [6.45, 7) is 0.503. The van der Waals surface area contributed by atoms with Crippen LogP contribution in [0.4, 0.5) is 16.5 Å². The Morgan fingerprint density at radius 1 is 1.16 bits per heavy atom. The van der Waals surface area contributed by atoms with Gasteiger partial charge in [-0.25, -0.2) is 0 Å². The maximum atomic E-state index is 12.4. The molecule has 1 aliphatic heterocycles. The van der Waals surface area contributed by atoms with Gasteiger partial charge in [0.05, 0.1) is 10.5 Å². The lowest BCUT2D eigenvalue weighted by Gasteiger charge is -2.15. The third-order valence-electron chi connectivity index (χ3n) is 4.76. The molecule has 0 radical (unpaired) electrons. The Balaban J connectivity index is 1.40. The van der Waals surface area contributed by atoms with Crippen LogP contribution in [0.25, 0.3) is 6.08 Å². The van der Waals surface area contributed by atoms with Gasteiger partial charge in [-0.2, -0.15) is 0 Å². The van der Waals surface area contributed by atoms with E-state index in [0.29, 0.717) is 28.7 Å². The van der Waals surface area contributed by atoms with Crippen LogP contribution in [0.3, 0.4) is 0 Å². The van der Waals surface area contributed by atoms with Gasteiger partial charge in [0.15, 0.2) is 0 Å². The van der Waals surface area contributed by atoms with Gasteiger partial charge in [0.1, 0.15) is 5.01 Å². The SMILES string of the molecule is O=C(/C=C/c1ccccc1[N+](=O)[O-])Nc1nnc(C2CC(=O)N(c3ccccc3)C2)s1. The van der Waals surface area contributed by atoms with Crippen molar-refractivity contribution < 1.29 is 14.5 Å². The van der Waals surface area contributed by atoms with Crippen LogP contribution in [-0.4, -0.2) is 33.5 Å². The lowest BCUT2D eigenvalue weighted by molar-refractivity contribution is -0.385. The molecule has 1 fully saturated rings. The number of hydrogen-bond donors (Lipinski definition) is 1. The Labute approximate surface area is 181 Å². The highest BCUT2D eigenvalue weighted by molar-refractivity contribution is 7.15. The van der Waals surface area contributed by atoms with Crippen molar-refractivity contribution in [3.63, 3.8) is 0 Å². The highest BCUT2D eigenvalue weighted by Gasteiger charge is 2.33. The number of carbonyl (C=O) groups is 2. The lowest BCUT2D eigenvalue weighted by Crippen LogP contribution is -2.24. The molecular formula is C21H17N5O4S. The molecule has 1 unspecified atom stereocenters. The Kier molecular flexibility index (Phi) is 5.80. The average Bonchev–Trinajstić information content (AvgIpc) is 3.39. The van der Waals surface area contributed by atoms with E-state index in [1.807, 2.05) is 30.3 Å². The topological polar surface area (TPSA) is 118 Å². The number of anilines is 2. The third kappa shape index (κ3) is 4.64. The highest BCUT2D eigenvalue weighted by atomic mass is 32.1. The number of nitrogens with zero attached hydrogens (tertiary/aromatic N) is 4. The number of hydrogen-bond acceptors (Lipinski definition) is 7. The zero-order valence-corrected chi connectivity index (χ0v) is 17.0. The molecule has 2 heterocycles. The van der Waals surface area contributed by atoms with E-state index < -0.39 is 10.8 Å². The molecule has 1 aliphatic rings. The van der Waals surface area contributed by atoms with E-state index >= 15 is 0 Å². The van der Waals surface area contributed by atoms with Crippen molar-refractivity contribution in [2.75, 3.05) is 16.8 Å². The summed E-state index contributed by atoms with van der Waals surface area (Å²) in [6.07, 6.45) is 2.91. The normalized spacial score (nSPS) is 16.1. The summed E-state index contributed by atoms with van der Waals surface area (Å²) in [5.41, 5.74) is 1.08. The zero-order chi connectivity index (χ0) is 21.8. The largest absolute Gasteiger partial charge is 0.312 e. The van der Waals surface area contributed by atoms with E-state index in [4.69, 9.17) is 0 Å². The molecule has 4 rings (SSSR count). The van der Waals surface area contributed by atoms with Crippen LogP contribution < -0.4 is 10.2 Å². The number of carbonyl (C=O) groups excluding carboxylic acids is 2. The van der Waals surface area contributed by atoms with Gasteiger partial charge in [0, 0.05) is 36.7 Å². The molecule has 0 spiro atoms. The van der Waals surface area contributed by atoms with Crippen molar-refractivity contribution in [3.05, 3.63) is 81.4 Å². The van der Waals surface area contributed by atoms with Crippen molar-refractivity contribution >= 4 is 45.7 Å². The predicted octanol–water partition coefficient (Wildman–Crippen LogP) is 3.62. The van der Waals surface area contributed by atoms with Gasteiger partial charge >= 0.3 is 0 Å². The van der Waals surface area contributed by atoms with Crippen molar-refractivity contribution in [2.45, 2.75) is 12.3 Å². The van der Waals surface area contributed by atoms with Crippen LogP contribution in [0.5, 0.6) is 0 Å². The van der Waals surface area contributed by atoms with Crippen molar-refractivity contribution in [2.24, 2.45) is 0 Å². The molecule has 2 amide bonds. The standard InChI is InChI=1S/C21H17N5O4S/c27-18(11-10-14-6-4-5-9-17(14)26(29)30)22-21-24-23-20(31-21)15-12-19(28)25(13-15)16-7-2-1-3-8-16/h1-11,15H,12-13H2,(H,22,24,27)/b11-10+. The van der Waals surface area contributed by atoms with Crippen LogP contribution >= 0.6 is 11.3 Å². The maximum absolute atomic E-state index is 12.4. The molecule has 1 saturated heterocycles. The molecule has 156 valence electrons. The summed E-state index contributed by atoms with van der Waals surface area (Å²) in [4.78, 5) is 36.9.